The Morgan fingerprint density at radius 1 is 1.32 bits per heavy atom. The molecule has 0 unspecified atom stereocenters. The van der Waals surface area contributed by atoms with Crippen LogP contribution >= 0.6 is 0 Å². The molecule has 1 heterocycles. The van der Waals surface area contributed by atoms with Crippen LogP contribution in [0, 0.1) is 12.5 Å². The maximum Gasteiger partial charge on any atom is 0.299 e. The summed E-state index contributed by atoms with van der Waals surface area (Å²) in [5.41, 5.74) is 7.17. The molecule has 1 aromatic heterocycles. The molecule has 0 amide bonds. The Labute approximate surface area is 107 Å². The van der Waals surface area contributed by atoms with Crippen molar-refractivity contribution in [2.24, 2.45) is 5.11 Å². The largest absolute Gasteiger partial charge is 0.299 e. The fourth-order valence-electron chi connectivity index (χ4n) is 1.62. The first-order valence-corrected chi connectivity index (χ1v) is 6.55. The fraction of sp³-hybridized carbons (Fsp3) is 0.100. The predicted molar refractivity (Wildman–Crippen MR) is 65.7 cm³/mol. The summed E-state index contributed by atoms with van der Waals surface area (Å²) >= 11 is 0. The summed E-state index contributed by atoms with van der Waals surface area (Å²) in [5, 5.41) is 5.84. The second-order valence-corrected chi connectivity index (χ2v) is 5.23. The Hall–Kier alpha value is -2.26. The van der Waals surface area contributed by atoms with Crippen molar-refractivity contribution in [1.82, 2.24) is 9.78 Å². The number of aromatic nitrogens is 2. The SMILES string of the molecule is Cc1[nH]n(-c2ccc(S(=O)(=O)O)cc2)c(=O)c1N=N. The Balaban J connectivity index is 2.55. The minimum Gasteiger partial charge on any atom is -0.293 e. The van der Waals surface area contributed by atoms with Gasteiger partial charge in [-0.25, -0.2) is 10.2 Å². The predicted octanol–water partition coefficient (Wildman–Crippen LogP) is 1.38. The fourth-order valence-corrected chi connectivity index (χ4v) is 2.10. The molecule has 1 aromatic carbocycles. The van der Waals surface area contributed by atoms with Crippen molar-refractivity contribution in [3.05, 3.63) is 40.3 Å². The Bertz CT molecular complexity index is 786. The van der Waals surface area contributed by atoms with Crippen LogP contribution in [0.15, 0.2) is 39.1 Å². The first-order chi connectivity index (χ1) is 8.84. The molecular formula is C10H10N4O4S. The van der Waals surface area contributed by atoms with Crippen LogP contribution in [0.4, 0.5) is 5.69 Å². The smallest absolute Gasteiger partial charge is 0.293 e. The molecular weight excluding hydrogens is 272 g/mol. The van der Waals surface area contributed by atoms with Crippen LogP contribution in [0.2, 0.25) is 0 Å². The molecule has 0 aliphatic heterocycles. The Morgan fingerprint density at radius 2 is 1.89 bits per heavy atom. The number of rotatable bonds is 3. The highest BCUT2D eigenvalue weighted by atomic mass is 32.2. The van der Waals surface area contributed by atoms with E-state index >= 15 is 0 Å². The number of aryl methyl sites for hydroxylation is 1. The Morgan fingerprint density at radius 3 is 2.32 bits per heavy atom. The monoisotopic (exact) mass is 282 g/mol. The van der Waals surface area contributed by atoms with Gasteiger partial charge in [-0.15, -0.1) is 0 Å². The van der Waals surface area contributed by atoms with E-state index in [1.54, 1.807) is 6.92 Å². The zero-order valence-electron chi connectivity index (χ0n) is 9.78. The van der Waals surface area contributed by atoms with E-state index in [1.165, 1.54) is 24.3 Å². The number of aromatic amines is 1. The third-order valence-corrected chi connectivity index (χ3v) is 3.41. The summed E-state index contributed by atoms with van der Waals surface area (Å²) in [7, 11) is -4.27. The zero-order valence-corrected chi connectivity index (χ0v) is 10.6. The molecule has 3 N–H and O–H groups in total. The number of nitrogens with one attached hydrogen (secondary N) is 2. The quantitative estimate of drug-likeness (QED) is 0.580. The van der Waals surface area contributed by atoms with Crippen molar-refractivity contribution in [3.63, 3.8) is 0 Å². The summed E-state index contributed by atoms with van der Waals surface area (Å²) in [6, 6.07) is 5.05. The first kappa shape index (κ1) is 13.2. The number of nitrogens with zero attached hydrogens (tertiary/aromatic N) is 2. The molecule has 0 bridgehead atoms. The third-order valence-electron chi connectivity index (χ3n) is 2.54. The maximum absolute atomic E-state index is 11.9. The van der Waals surface area contributed by atoms with E-state index in [0.717, 1.165) is 4.68 Å². The lowest BCUT2D eigenvalue weighted by Crippen LogP contribution is -2.14. The normalized spacial score (nSPS) is 11.5. The van der Waals surface area contributed by atoms with E-state index in [4.69, 9.17) is 10.1 Å². The van der Waals surface area contributed by atoms with Crippen molar-refractivity contribution in [2.45, 2.75) is 11.8 Å². The van der Waals surface area contributed by atoms with E-state index in [0.29, 0.717) is 11.4 Å². The molecule has 0 saturated carbocycles. The standard InChI is InChI=1S/C10H10N4O4S/c1-6-9(12-11)10(15)14(13-6)7-2-4-8(5-3-7)19(16,17)18/h2-5,11,13H,1H3,(H,16,17,18). The van der Waals surface area contributed by atoms with Gasteiger partial charge in [-0.05, 0) is 31.2 Å². The van der Waals surface area contributed by atoms with Crippen LogP contribution < -0.4 is 5.56 Å². The van der Waals surface area contributed by atoms with E-state index in [-0.39, 0.29) is 10.6 Å². The molecule has 0 fully saturated rings. The molecule has 9 heteroatoms. The van der Waals surface area contributed by atoms with Crippen LogP contribution in [0.3, 0.4) is 0 Å². The van der Waals surface area contributed by atoms with Gasteiger partial charge in [0.05, 0.1) is 16.3 Å². The van der Waals surface area contributed by atoms with Gasteiger partial charge >= 0.3 is 0 Å². The average molecular weight is 282 g/mol. The molecule has 0 radical (unpaired) electrons. The van der Waals surface area contributed by atoms with E-state index in [1.807, 2.05) is 0 Å². The first-order valence-electron chi connectivity index (χ1n) is 5.11. The summed E-state index contributed by atoms with van der Waals surface area (Å²) in [4.78, 5) is 11.6. The van der Waals surface area contributed by atoms with E-state index in [9.17, 15) is 13.2 Å². The van der Waals surface area contributed by atoms with Crippen LogP contribution in [0.25, 0.3) is 5.69 Å². The molecule has 0 spiro atoms. The van der Waals surface area contributed by atoms with Crippen molar-refractivity contribution in [3.8, 4) is 5.69 Å². The second kappa shape index (κ2) is 4.44. The molecule has 0 atom stereocenters. The molecule has 8 nitrogen and oxygen atoms in total. The minimum atomic E-state index is -4.27. The van der Waals surface area contributed by atoms with Gasteiger partial charge in [-0.1, -0.05) is 0 Å². The third kappa shape index (κ3) is 2.33. The van der Waals surface area contributed by atoms with Crippen molar-refractivity contribution in [1.29, 1.82) is 5.53 Å². The van der Waals surface area contributed by atoms with Crippen molar-refractivity contribution < 1.29 is 13.0 Å². The van der Waals surface area contributed by atoms with E-state index < -0.39 is 15.7 Å². The van der Waals surface area contributed by atoms with Gasteiger partial charge in [0, 0.05) is 0 Å². The van der Waals surface area contributed by atoms with Gasteiger partial charge < -0.3 is 0 Å². The molecule has 19 heavy (non-hydrogen) atoms. The zero-order chi connectivity index (χ0) is 14.2. The topological polar surface area (TPSA) is 128 Å². The van der Waals surface area contributed by atoms with Crippen molar-refractivity contribution >= 4 is 15.8 Å². The highest BCUT2D eigenvalue weighted by Gasteiger charge is 2.13. The van der Waals surface area contributed by atoms with E-state index in [2.05, 4.69) is 10.2 Å². The van der Waals surface area contributed by atoms with Crippen LogP contribution in [-0.2, 0) is 10.1 Å². The second-order valence-electron chi connectivity index (χ2n) is 3.81. The van der Waals surface area contributed by atoms with Gasteiger partial charge in [-0.2, -0.15) is 13.5 Å². The molecule has 0 aliphatic rings. The maximum atomic E-state index is 11.9. The van der Waals surface area contributed by atoms with Gasteiger partial charge in [0.15, 0.2) is 5.69 Å². The number of hydrogen-bond acceptors (Lipinski definition) is 5. The average Bonchev–Trinajstić information content (AvgIpc) is 2.63. The Kier molecular flexibility index (Phi) is 3.08. The number of benzene rings is 1. The van der Waals surface area contributed by atoms with Gasteiger partial charge in [-0.3, -0.25) is 14.4 Å². The molecule has 100 valence electrons. The van der Waals surface area contributed by atoms with Crippen LogP contribution in [0.1, 0.15) is 5.69 Å². The summed E-state index contributed by atoms with van der Waals surface area (Å²) in [6.07, 6.45) is 0. The van der Waals surface area contributed by atoms with Gasteiger partial charge in [0.25, 0.3) is 15.7 Å². The lowest BCUT2D eigenvalue weighted by atomic mass is 10.3. The summed E-state index contributed by atoms with van der Waals surface area (Å²) in [5.74, 6) is 0. The highest BCUT2D eigenvalue weighted by Crippen LogP contribution is 2.15. The molecule has 0 saturated heterocycles. The van der Waals surface area contributed by atoms with Gasteiger partial charge in [0.1, 0.15) is 0 Å². The number of hydrogen-bond donors (Lipinski definition) is 3. The van der Waals surface area contributed by atoms with Crippen LogP contribution in [-0.4, -0.2) is 22.8 Å². The summed E-state index contributed by atoms with van der Waals surface area (Å²) < 4.78 is 31.8. The van der Waals surface area contributed by atoms with Crippen molar-refractivity contribution in [2.75, 3.05) is 0 Å². The summed E-state index contributed by atoms with van der Waals surface area (Å²) in [6.45, 7) is 1.60. The highest BCUT2D eigenvalue weighted by molar-refractivity contribution is 7.85. The lowest BCUT2D eigenvalue weighted by molar-refractivity contribution is 0.483. The molecule has 2 aromatic rings. The molecule has 2 rings (SSSR count). The molecule has 0 aliphatic carbocycles. The minimum absolute atomic E-state index is 0.0149. The van der Waals surface area contributed by atoms with Gasteiger partial charge in [0.2, 0.25) is 0 Å². The lowest BCUT2D eigenvalue weighted by Gasteiger charge is -2.02. The van der Waals surface area contributed by atoms with Crippen LogP contribution in [0.5, 0.6) is 0 Å². The number of H-pyrrole nitrogens is 1.